The van der Waals surface area contributed by atoms with Crippen molar-refractivity contribution in [2.24, 2.45) is 0 Å². The van der Waals surface area contributed by atoms with Crippen molar-refractivity contribution in [3.05, 3.63) is 34.9 Å². The number of Topliss-reactive ketones (excluding diaryl/α,β-unsaturated/α-hetero) is 1. The summed E-state index contributed by atoms with van der Waals surface area (Å²) in [5.74, 6) is 0.121. The van der Waals surface area contributed by atoms with Crippen LogP contribution in [0.15, 0.2) is 24.3 Å². The molecule has 0 bridgehead atoms. The summed E-state index contributed by atoms with van der Waals surface area (Å²) < 4.78 is 6.57. The SMILES string of the molecule is CCCCCCC(O[Si](CC)(CC)CC)C(=O)c1ccc(Cl)cc1. The molecule has 1 aromatic rings. The van der Waals surface area contributed by atoms with E-state index < -0.39 is 8.32 Å². The summed E-state index contributed by atoms with van der Waals surface area (Å²) in [5.41, 5.74) is 0.714. The van der Waals surface area contributed by atoms with Gasteiger partial charge < -0.3 is 4.43 Å². The van der Waals surface area contributed by atoms with Crippen LogP contribution in [0.5, 0.6) is 0 Å². The smallest absolute Gasteiger partial charge is 0.193 e. The van der Waals surface area contributed by atoms with Crippen LogP contribution in [-0.2, 0) is 4.43 Å². The van der Waals surface area contributed by atoms with Gasteiger partial charge in [-0.25, -0.2) is 0 Å². The number of halogens is 1. The average Bonchev–Trinajstić information content (AvgIpc) is 2.62. The molecule has 0 radical (unpaired) electrons. The standard InChI is InChI=1S/C20H33ClO2Si/c1-5-9-10-11-12-19(23-24(6-2,7-3)8-4)20(22)17-13-15-18(21)16-14-17/h13-16,19H,5-12H2,1-4H3. The summed E-state index contributed by atoms with van der Waals surface area (Å²) >= 11 is 5.95. The molecule has 0 heterocycles. The van der Waals surface area contributed by atoms with Crippen molar-refractivity contribution in [2.45, 2.75) is 84.0 Å². The van der Waals surface area contributed by atoms with Gasteiger partial charge in [-0.3, -0.25) is 4.79 Å². The summed E-state index contributed by atoms with van der Waals surface area (Å²) in [6.07, 6.45) is 5.18. The molecule has 0 aliphatic heterocycles. The van der Waals surface area contributed by atoms with E-state index >= 15 is 0 Å². The van der Waals surface area contributed by atoms with Crippen molar-refractivity contribution in [2.75, 3.05) is 0 Å². The normalized spacial score (nSPS) is 13.0. The molecule has 0 aliphatic rings. The Morgan fingerprint density at radius 2 is 1.58 bits per heavy atom. The highest BCUT2D eigenvalue weighted by molar-refractivity contribution is 6.73. The molecule has 24 heavy (non-hydrogen) atoms. The van der Waals surface area contributed by atoms with E-state index in [1.54, 1.807) is 12.1 Å². The van der Waals surface area contributed by atoms with Gasteiger partial charge in [-0.2, -0.15) is 0 Å². The third-order valence-electron chi connectivity index (χ3n) is 5.07. The number of rotatable bonds is 12. The van der Waals surface area contributed by atoms with Crippen LogP contribution in [0.3, 0.4) is 0 Å². The van der Waals surface area contributed by atoms with Crippen molar-refractivity contribution in [3.63, 3.8) is 0 Å². The van der Waals surface area contributed by atoms with Gasteiger partial charge in [-0.1, -0.05) is 65.0 Å². The van der Waals surface area contributed by atoms with Gasteiger partial charge in [0, 0.05) is 10.6 Å². The average molecular weight is 369 g/mol. The molecule has 0 fully saturated rings. The van der Waals surface area contributed by atoms with E-state index in [2.05, 4.69) is 27.7 Å². The molecule has 2 nitrogen and oxygen atoms in total. The first-order valence-corrected chi connectivity index (χ1v) is 12.4. The van der Waals surface area contributed by atoms with Crippen LogP contribution in [0.2, 0.25) is 23.2 Å². The summed E-state index contributed by atoms with van der Waals surface area (Å²) in [6, 6.07) is 10.4. The zero-order valence-corrected chi connectivity index (χ0v) is 17.5. The Kier molecular flexibility index (Phi) is 9.87. The van der Waals surface area contributed by atoms with Crippen molar-refractivity contribution in [3.8, 4) is 0 Å². The van der Waals surface area contributed by atoms with Crippen LogP contribution < -0.4 is 0 Å². The van der Waals surface area contributed by atoms with E-state index in [0.29, 0.717) is 10.6 Å². The number of carbonyl (C=O) groups is 1. The van der Waals surface area contributed by atoms with Gasteiger partial charge in [-0.15, -0.1) is 0 Å². The van der Waals surface area contributed by atoms with E-state index in [1.165, 1.54) is 19.3 Å². The molecule has 0 aliphatic carbocycles. The molecule has 1 atom stereocenters. The Hall–Kier alpha value is -0.643. The zero-order valence-electron chi connectivity index (χ0n) is 15.7. The molecular formula is C20H33ClO2Si. The molecule has 0 spiro atoms. The van der Waals surface area contributed by atoms with Crippen LogP contribution in [0.25, 0.3) is 0 Å². The molecule has 0 N–H and O–H groups in total. The summed E-state index contributed by atoms with van der Waals surface area (Å²) in [6.45, 7) is 8.83. The van der Waals surface area contributed by atoms with Gasteiger partial charge in [-0.05, 0) is 48.8 Å². The van der Waals surface area contributed by atoms with E-state index in [1.807, 2.05) is 12.1 Å². The topological polar surface area (TPSA) is 26.3 Å². The van der Waals surface area contributed by atoms with Gasteiger partial charge in [0.15, 0.2) is 14.1 Å². The predicted octanol–water partition coefficient (Wildman–Crippen LogP) is 6.88. The number of unbranched alkanes of at least 4 members (excludes halogenated alkanes) is 3. The fourth-order valence-corrected chi connectivity index (χ4v) is 6.06. The molecule has 0 aromatic heterocycles. The van der Waals surface area contributed by atoms with Crippen LogP contribution in [0.1, 0.15) is 70.2 Å². The summed E-state index contributed by atoms with van der Waals surface area (Å²) in [7, 11) is -1.80. The first-order chi connectivity index (χ1) is 11.5. The van der Waals surface area contributed by atoms with Crippen molar-refractivity contribution in [1.82, 2.24) is 0 Å². The van der Waals surface area contributed by atoms with E-state index in [9.17, 15) is 4.79 Å². The minimum Gasteiger partial charge on any atom is -0.407 e. The maximum absolute atomic E-state index is 13.0. The third kappa shape index (κ3) is 6.34. The molecule has 1 aromatic carbocycles. The lowest BCUT2D eigenvalue weighted by atomic mass is 10.0. The van der Waals surface area contributed by atoms with Crippen LogP contribution >= 0.6 is 11.6 Å². The first-order valence-electron chi connectivity index (χ1n) is 9.49. The summed E-state index contributed by atoms with van der Waals surface area (Å²) in [5, 5.41) is 0.659. The quantitative estimate of drug-likeness (QED) is 0.228. The zero-order chi connectivity index (χ0) is 18.0. The fourth-order valence-electron chi connectivity index (χ4n) is 3.10. The van der Waals surface area contributed by atoms with Crippen LogP contribution in [0.4, 0.5) is 0 Å². The number of hydrogen-bond donors (Lipinski definition) is 0. The molecule has 1 unspecified atom stereocenters. The number of carbonyl (C=O) groups excluding carboxylic acids is 1. The molecular weight excluding hydrogens is 336 g/mol. The highest BCUT2D eigenvalue weighted by atomic mass is 35.5. The largest absolute Gasteiger partial charge is 0.407 e. The van der Waals surface area contributed by atoms with Gasteiger partial charge in [0.25, 0.3) is 0 Å². The second-order valence-electron chi connectivity index (χ2n) is 6.57. The maximum Gasteiger partial charge on any atom is 0.193 e. The lowest BCUT2D eigenvalue weighted by Gasteiger charge is -2.32. The Bertz CT molecular complexity index is 475. The predicted molar refractivity (Wildman–Crippen MR) is 107 cm³/mol. The second-order valence-corrected chi connectivity index (χ2v) is 11.7. The fraction of sp³-hybridized carbons (Fsp3) is 0.650. The van der Waals surface area contributed by atoms with Crippen LogP contribution in [-0.4, -0.2) is 20.2 Å². The Morgan fingerprint density at radius 3 is 2.08 bits per heavy atom. The molecule has 136 valence electrons. The van der Waals surface area contributed by atoms with Gasteiger partial charge in [0.05, 0.1) is 0 Å². The Morgan fingerprint density at radius 1 is 1.00 bits per heavy atom. The van der Waals surface area contributed by atoms with E-state index in [-0.39, 0.29) is 11.9 Å². The number of ketones is 1. The Labute approximate surface area is 154 Å². The molecule has 0 saturated heterocycles. The van der Waals surface area contributed by atoms with Gasteiger partial charge in [0.2, 0.25) is 0 Å². The van der Waals surface area contributed by atoms with E-state index in [0.717, 1.165) is 31.0 Å². The van der Waals surface area contributed by atoms with Crippen LogP contribution in [0, 0.1) is 0 Å². The minimum atomic E-state index is -1.80. The van der Waals surface area contributed by atoms with Crippen molar-refractivity contribution < 1.29 is 9.22 Å². The molecule has 0 amide bonds. The third-order valence-corrected chi connectivity index (χ3v) is 9.97. The number of benzene rings is 1. The highest BCUT2D eigenvalue weighted by Crippen LogP contribution is 2.27. The first kappa shape index (κ1) is 21.4. The van der Waals surface area contributed by atoms with Crippen molar-refractivity contribution >= 4 is 25.7 Å². The summed E-state index contributed by atoms with van der Waals surface area (Å²) in [4.78, 5) is 13.0. The Balaban J connectivity index is 2.90. The van der Waals surface area contributed by atoms with Gasteiger partial charge in [0.1, 0.15) is 6.10 Å². The van der Waals surface area contributed by atoms with Gasteiger partial charge >= 0.3 is 0 Å². The second kappa shape index (κ2) is 11.1. The number of hydrogen-bond acceptors (Lipinski definition) is 2. The maximum atomic E-state index is 13.0. The monoisotopic (exact) mass is 368 g/mol. The lowest BCUT2D eigenvalue weighted by molar-refractivity contribution is 0.0752. The minimum absolute atomic E-state index is 0.121. The molecule has 0 saturated carbocycles. The van der Waals surface area contributed by atoms with E-state index in [4.69, 9.17) is 16.0 Å². The highest BCUT2D eigenvalue weighted by Gasteiger charge is 2.34. The van der Waals surface area contributed by atoms with Crippen molar-refractivity contribution in [1.29, 1.82) is 0 Å². The molecule has 1 rings (SSSR count). The molecule has 4 heteroatoms. The lowest BCUT2D eigenvalue weighted by Crippen LogP contribution is -2.42.